The summed E-state index contributed by atoms with van der Waals surface area (Å²) in [6.07, 6.45) is 6.55. The van der Waals surface area contributed by atoms with Crippen LogP contribution in [0, 0.1) is 57.2 Å². The molecule has 0 aromatic heterocycles. The highest BCUT2D eigenvalue weighted by molar-refractivity contribution is 5.94. The zero-order valence-electron chi connectivity index (χ0n) is 16.8. The van der Waals surface area contributed by atoms with Gasteiger partial charge in [0.05, 0.1) is 18.1 Å². The summed E-state index contributed by atoms with van der Waals surface area (Å²) in [6.45, 7) is -0.212. The van der Waals surface area contributed by atoms with Crippen molar-refractivity contribution in [2.75, 3.05) is 6.61 Å². The van der Waals surface area contributed by atoms with E-state index in [0.29, 0.717) is 23.5 Å². The number of carbonyl (C=O) groups excluding carboxylic acids is 2. The third kappa shape index (κ3) is 2.74. The molecule has 0 saturated heterocycles. The first-order valence-electron chi connectivity index (χ1n) is 10.8. The Morgan fingerprint density at radius 3 is 2.00 bits per heavy atom. The predicted molar refractivity (Wildman–Crippen MR) is 107 cm³/mol. The van der Waals surface area contributed by atoms with Crippen LogP contribution < -0.4 is 10.5 Å². The highest BCUT2D eigenvalue weighted by Crippen LogP contribution is 2.70. The van der Waals surface area contributed by atoms with Crippen LogP contribution in [0.3, 0.4) is 0 Å². The molecule has 1 aromatic rings. The average Bonchev–Trinajstić information content (AvgIpc) is 3.40. The number of carbonyl (C=O) groups is 2. The molecule has 1 aromatic carbocycles. The van der Waals surface area contributed by atoms with Crippen molar-refractivity contribution in [1.29, 1.82) is 10.5 Å². The van der Waals surface area contributed by atoms with Gasteiger partial charge in [-0.2, -0.15) is 10.5 Å². The molecule has 1 amide bonds. The van der Waals surface area contributed by atoms with Crippen molar-refractivity contribution in [3.05, 3.63) is 29.8 Å². The van der Waals surface area contributed by atoms with Gasteiger partial charge in [-0.25, -0.2) is 0 Å². The monoisotopic (exact) mass is 403 g/mol. The number of amides is 1. The van der Waals surface area contributed by atoms with Crippen molar-refractivity contribution in [3.63, 3.8) is 0 Å². The molecule has 2 N–H and O–H groups in total. The molecule has 4 bridgehead atoms. The number of hydrogen-bond acceptors (Lipinski definition) is 5. The zero-order valence-corrected chi connectivity index (χ0v) is 16.8. The average molecular weight is 403 g/mol. The van der Waals surface area contributed by atoms with E-state index in [9.17, 15) is 20.1 Å². The number of benzene rings is 1. The standard InChI is InChI=1S/C24H25N3O3/c25-12-24(13-26)20(17-1-3-18(4-2-17)30-11-19(27)28)21(24)22(29)23-8-14-5-15(9-23)7-16(6-14)10-23/h1-4,14-16,20-21H,5-11H2,(H2,27,28)/t14?,15?,16?,20-,21-,23?/m0/s1. The lowest BCUT2D eigenvalue weighted by Gasteiger charge is -2.56. The number of hydrogen-bond donors (Lipinski definition) is 1. The van der Waals surface area contributed by atoms with Gasteiger partial charge in [0, 0.05) is 11.3 Å². The molecule has 5 aliphatic rings. The fourth-order valence-electron chi connectivity index (χ4n) is 7.17. The van der Waals surface area contributed by atoms with Gasteiger partial charge in [-0.15, -0.1) is 0 Å². The summed E-state index contributed by atoms with van der Waals surface area (Å²) >= 11 is 0. The van der Waals surface area contributed by atoms with Gasteiger partial charge in [0.1, 0.15) is 11.5 Å². The van der Waals surface area contributed by atoms with Crippen LogP contribution in [0.5, 0.6) is 5.75 Å². The molecule has 0 radical (unpaired) electrons. The lowest BCUT2D eigenvalue weighted by atomic mass is 9.48. The number of ether oxygens (including phenoxy) is 1. The fraction of sp³-hybridized carbons (Fsp3) is 0.583. The number of nitrogens with zero attached hydrogens (tertiary/aromatic N) is 2. The summed E-state index contributed by atoms with van der Waals surface area (Å²) in [5.74, 6) is 1.04. The van der Waals surface area contributed by atoms with E-state index in [-0.39, 0.29) is 17.8 Å². The maximum absolute atomic E-state index is 13.8. The highest BCUT2D eigenvalue weighted by atomic mass is 16.5. The van der Waals surface area contributed by atoms with Gasteiger partial charge in [-0.3, -0.25) is 9.59 Å². The second-order valence-corrected chi connectivity index (χ2v) is 9.93. The van der Waals surface area contributed by atoms with Crippen LogP contribution in [-0.2, 0) is 9.59 Å². The first-order valence-corrected chi connectivity index (χ1v) is 10.8. The minimum atomic E-state index is -1.28. The molecule has 2 atom stereocenters. The summed E-state index contributed by atoms with van der Waals surface area (Å²) in [6, 6.07) is 11.4. The van der Waals surface area contributed by atoms with E-state index in [2.05, 4.69) is 12.1 Å². The summed E-state index contributed by atoms with van der Waals surface area (Å²) in [4.78, 5) is 24.7. The lowest BCUT2D eigenvalue weighted by Crippen LogP contribution is -2.50. The Labute approximate surface area is 176 Å². The summed E-state index contributed by atoms with van der Waals surface area (Å²) < 4.78 is 5.29. The van der Waals surface area contributed by atoms with Crippen molar-refractivity contribution < 1.29 is 14.3 Å². The maximum atomic E-state index is 13.8. The van der Waals surface area contributed by atoms with Crippen LogP contribution in [0.15, 0.2) is 24.3 Å². The normalized spacial score (nSPS) is 37.1. The largest absolute Gasteiger partial charge is 0.484 e. The van der Waals surface area contributed by atoms with Gasteiger partial charge in [0.25, 0.3) is 5.91 Å². The van der Waals surface area contributed by atoms with E-state index < -0.39 is 23.2 Å². The lowest BCUT2D eigenvalue weighted by molar-refractivity contribution is -0.145. The first kappa shape index (κ1) is 19.1. The molecule has 6 nitrogen and oxygen atoms in total. The molecule has 0 heterocycles. The maximum Gasteiger partial charge on any atom is 0.255 e. The van der Waals surface area contributed by atoms with Crippen LogP contribution in [0.2, 0.25) is 0 Å². The number of ketones is 1. The molecule has 30 heavy (non-hydrogen) atoms. The van der Waals surface area contributed by atoms with E-state index in [1.165, 1.54) is 19.3 Å². The topological polar surface area (TPSA) is 117 Å². The van der Waals surface area contributed by atoms with Gasteiger partial charge >= 0.3 is 0 Å². The number of primary amides is 1. The van der Waals surface area contributed by atoms with Gasteiger partial charge in [0.15, 0.2) is 12.0 Å². The minimum absolute atomic E-state index is 0.156. The summed E-state index contributed by atoms with van der Waals surface area (Å²) in [5.41, 5.74) is 4.30. The third-order valence-electron chi connectivity index (χ3n) is 8.04. The van der Waals surface area contributed by atoms with Crippen LogP contribution in [0.1, 0.15) is 50.0 Å². The van der Waals surface area contributed by atoms with Crippen LogP contribution in [-0.4, -0.2) is 18.3 Å². The molecule has 5 aliphatic carbocycles. The van der Waals surface area contributed by atoms with E-state index in [0.717, 1.165) is 24.8 Å². The summed E-state index contributed by atoms with van der Waals surface area (Å²) in [7, 11) is 0. The van der Waals surface area contributed by atoms with Crippen molar-refractivity contribution >= 4 is 11.7 Å². The van der Waals surface area contributed by atoms with Crippen molar-refractivity contribution in [2.45, 2.75) is 44.4 Å². The number of nitriles is 2. The Morgan fingerprint density at radius 2 is 1.53 bits per heavy atom. The molecule has 6 rings (SSSR count). The molecular weight excluding hydrogens is 378 g/mol. The highest BCUT2D eigenvalue weighted by Gasteiger charge is 2.73. The number of nitrogens with two attached hydrogens (primary N) is 1. The Kier molecular flexibility index (Phi) is 4.19. The third-order valence-corrected chi connectivity index (χ3v) is 8.04. The van der Waals surface area contributed by atoms with Crippen LogP contribution in [0.25, 0.3) is 0 Å². The van der Waals surface area contributed by atoms with Crippen molar-refractivity contribution in [3.8, 4) is 17.9 Å². The van der Waals surface area contributed by atoms with E-state index in [1.54, 1.807) is 24.3 Å². The van der Waals surface area contributed by atoms with E-state index >= 15 is 0 Å². The molecule has 5 saturated carbocycles. The zero-order chi connectivity index (χ0) is 21.1. The quantitative estimate of drug-likeness (QED) is 0.783. The van der Waals surface area contributed by atoms with Gasteiger partial charge in [-0.1, -0.05) is 12.1 Å². The van der Waals surface area contributed by atoms with E-state index in [1.807, 2.05) is 0 Å². The van der Waals surface area contributed by atoms with Crippen LogP contribution in [0.4, 0.5) is 0 Å². The van der Waals surface area contributed by atoms with Crippen molar-refractivity contribution in [1.82, 2.24) is 0 Å². The predicted octanol–water partition coefficient (Wildman–Crippen LogP) is 3.08. The molecule has 0 aliphatic heterocycles. The second kappa shape index (κ2) is 6.57. The Hall–Kier alpha value is -2.86. The fourth-order valence-corrected chi connectivity index (χ4v) is 7.17. The first-order chi connectivity index (χ1) is 14.4. The number of rotatable bonds is 6. The smallest absolute Gasteiger partial charge is 0.255 e. The summed E-state index contributed by atoms with van der Waals surface area (Å²) in [5, 5.41) is 19.8. The molecule has 5 fully saturated rings. The molecule has 6 heteroatoms. The van der Waals surface area contributed by atoms with Crippen molar-refractivity contribution in [2.24, 2.45) is 40.2 Å². The van der Waals surface area contributed by atoms with Gasteiger partial charge in [-0.05, 0) is 74.0 Å². The number of Topliss-reactive ketones (excluding diaryl/α,β-unsaturated/α-hetero) is 1. The SMILES string of the molecule is N#CC1(C#N)[C@H](C(=O)C23CC4CC(CC(C4)C2)C3)[C@@H]1c1ccc(OCC(N)=O)cc1. The molecular formula is C24H25N3O3. The Morgan fingerprint density at radius 1 is 1.00 bits per heavy atom. The second-order valence-electron chi connectivity index (χ2n) is 9.93. The van der Waals surface area contributed by atoms with Gasteiger partial charge in [0.2, 0.25) is 0 Å². The molecule has 0 spiro atoms. The van der Waals surface area contributed by atoms with Gasteiger partial charge < -0.3 is 10.5 Å². The van der Waals surface area contributed by atoms with Crippen LogP contribution >= 0.6 is 0 Å². The Balaban J connectivity index is 1.41. The molecule has 154 valence electrons. The molecule has 0 unspecified atom stereocenters. The minimum Gasteiger partial charge on any atom is -0.484 e. The van der Waals surface area contributed by atoms with E-state index in [4.69, 9.17) is 10.5 Å². The Bertz CT molecular complexity index is 935.